The van der Waals surface area contributed by atoms with Gasteiger partial charge in [0.15, 0.2) is 5.78 Å². The van der Waals surface area contributed by atoms with E-state index in [0.717, 1.165) is 0 Å². The van der Waals surface area contributed by atoms with Gasteiger partial charge >= 0.3 is 5.97 Å². The van der Waals surface area contributed by atoms with Crippen molar-refractivity contribution in [2.45, 2.75) is 46.1 Å². The summed E-state index contributed by atoms with van der Waals surface area (Å²) in [6.45, 7) is 8.31. The van der Waals surface area contributed by atoms with Crippen LogP contribution in [0.15, 0.2) is 65.3 Å². The SMILES string of the molecule is COC(=O)C1=C(C)NC(C)=C(C(=O)NN2CCN(c3ncccn3)CC2C(=O)CC(C)C)C1c1cccc([N+](=O)[O-])c1. The maximum absolute atomic E-state index is 14.1. The predicted molar refractivity (Wildman–Crippen MR) is 154 cm³/mol. The van der Waals surface area contributed by atoms with Crippen LogP contribution in [0.1, 0.15) is 45.6 Å². The Labute approximate surface area is 243 Å². The maximum Gasteiger partial charge on any atom is 0.336 e. The number of esters is 1. The number of piperazine rings is 1. The third-order valence-corrected chi connectivity index (χ3v) is 7.27. The fourth-order valence-corrected chi connectivity index (χ4v) is 5.38. The van der Waals surface area contributed by atoms with Crippen molar-refractivity contribution in [1.29, 1.82) is 0 Å². The summed E-state index contributed by atoms with van der Waals surface area (Å²) in [6.07, 6.45) is 3.58. The molecule has 4 rings (SSSR count). The van der Waals surface area contributed by atoms with E-state index in [4.69, 9.17) is 4.74 Å². The van der Waals surface area contributed by atoms with Gasteiger partial charge in [-0.15, -0.1) is 0 Å². The van der Waals surface area contributed by atoms with Crippen LogP contribution in [0.4, 0.5) is 11.6 Å². The Morgan fingerprint density at radius 1 is 1.12 bits per heavy atom. The molecule has 222 valence electrons. The van der Waals surface area contributed by atoms with Crippen molar-refractivity contribution in [3.05, 3.63) is 80.9 Å². The Morgan fingerprint density at radius 3 is 2.45 bits per heavy atom. The molecule has 2 aliphatic rings. The molecule has 1 amide bonds. The van der Waals surface area contributed by atoms with E-state index in [-0.39, 0.29) is 35.1 Å². The number of nitrogens with zero attached hydrogens (tertiary/aromatic N) is 5. The summed E-state index contributed by atoms with van der Waals surface area (Å²) in [5, 5.41) is 16.3. The lowest BCUT2D eigenvalue weighted by Gasteiger charge is -2.41. The number of allylic oxidation sites excluding steroid dienone is 2. The molecule has 2 aromatic rings. The number of nitrogens with one attached hydrogen (secondary N) is 2. The van der Waals surface area contributed by atoms with Gasteiger partial charge in [0.25, 0.3) is 11.6 Å². The first-order valence-corrected chi connectivity index (χ1v) is 13.6. The van der Waals surface area contributed by atoms with E-state index < -0.39 is 28.8 Å². The summed E-state index contributed by atoms with van der Waals surface area (Å²) in [4.78, 5) is 62.0. The second-order valence-corrected chi connectivity index (χ2v) is 10.7. The van der Waals surface area contributed by atoms with E-state index in [1.807, 2.05) is 18.7 Å². The Hall–Kier alpha value is -4.65. The number of amides is 1. The molecule has 0 bridgehead atoms. The first-order chi connectivity index (χ1) is 20.0. The second-order valence-electron chi connectivity index (χ2n) is 10.7. The molecule has 0 aliphatic carbocycles. The zero-order chi connectivity index (χ0) is 30.6. The second kappa shape index (κ2) is 12.9. The Bertz CT molecular complexity index is 1440. The standard InChI is InChI=1S/C29H35N7O6/c1-17(2)14-23(37)22-16-34(29-30-10-7-11-31-29)12-13-35(22)33-27(38)24-18(3)32-19(4)25(28(39)42-5)26(24)20-8-6-9-21(15-20)36(40)41/h6-11,15,17,22,26,32H,12-14,16H2,1-5H3,(H,33,38). The highest BCUT2D eigenvalue weighted by Crippen LogP contribution is 2.39. The molecule has 2 aliphatic heterocycles. The van der Waals surface area contributed by atoms with Gasteiger partial charge in [0.05, 0.1) is 23.5 Å². The number of methoxy groups -OCH3 is 1. The van der Waals surface area contributed by atoms with Crippen molar-refractivity contribution in [2.75, 3.05) is 31.6 Å². The quantitative estimate of drug-likeness (QED) is 0.256. The van der Waals surface area contributed by atoms with E-state index in [0.29, 0.717) is 42.4 Å². The van der Waals surface area contributed by atoms with Gasteiger partial charge in [0, 0.05) is 67.5 Å². The minimum Gasteiger partial charge on any atom is -0.466 e. The van der Waals surface area contributed by atoms with Gasteiger partial charge < -0.3 is 15.0 Å². The minimum atomic E-state index is -0.956. The third kappa shape index (κ3) is 6.46. The number of nitro groups is 1. The Balaban J connectivity index is 1.70. The molecule has 2 atom stereocenters. The summed E-state index contributed by atoms with van der Waals surface area (Å²) in [5.41, 5.74) is 4.41. The van der Waals surface area contributed by atoms with E-state index in [1.54, 1.807) is 43.4 Å². The van der Waals surface area contributed by atoms with E-state index in [9.17, 15) is 24.5 Å². The molecular weight excluding hydrogens is 542 g/mol. The van der Waals surface area contributed by atoms with Crippen LogP contribution >= 0.6 is 0 Å². The largest absolute Gasteiger partial charge is 0.466 e. The Kier molecular flexibility index (Phi) is 9.31. The van der Waals surface area contributed by atoms with Crippen LogP contribution in [0.3, 0.4) is 0 Å². The molecule has 13 heteroatoms. The topological polar surface area (TPSA) is 160 Å². The van der Waals surface area contributed by atoms with Crippen molar-refractivity contribution in [2.24, 2.45) is 5.92 Å². The monoisotopic (exact) mass is 577 g/mol. The van der Waals surface area contributed by atoms with Crippen LogP contribution in [-0.2, 0) is 19.1 Å². The molecular formula is C29H35N7O6. The lowest BCUT2D eigenvalue weighted by atomic mass is 9.80. The van der Waals surface area contributed by atoms with Crippen LogP contribution in [0.25, 0.3) is 0 Å². The van der Waals surface area contributed by atoms with Crippen LogP contribution < -0.4 is 15.6 Å². The predicted octanol–water partition coefficient (Wildman–Crippen LogP) is 2.63. The molecule has 1 aromatic carbocycles. The van der Waals surface area contributed by atoms with Crippen LogP contribution in [0.5, 0.6) is 0 Å². The molecule has 1 aromatic heterocycles. The maximum atomic E-state index is 14.1. The summed E-state index contributed by atoms with van der Waals surface area (Å²) < 4.78 is 5.04. The number of rotatable bonds is 9. The van der Waals surface area contributed by atoms with Gasteiger partial charge in [-0.3, -0.25) is 25.1 Å². The van der Waals surface area contributed by atoms with Crippen LogP contribution in [0.2, 0.25) is 0 Å². The number of dihydropyridines is 1. The molecule has 42 heavy (non-hydrogen) atoms. The van der Waals surface area contributed by atoms with Gasteiger partial charge in [-0.2, -0.15) is 0 Å². The molecule has 2 N–H and O–H groups in total. The number of nitro benzene ring substituents is 1. The highest BCUT2D eigenvalue weighted by molar-refractivity contribution is 6.02. The fourth-order valence-electron chi connectivity index (χ4n) is 5.38. The molecule has 0 radical (unpaired) electrons. The van der Waals surface area contributed by atoms with Gasteiger partial charge in [-0.05, 0) is 31.4 Å². The number of anilines is 1. The first-order valence-electron chi connectivity index (χ1n) is 13.6. The van der Waals surface area contributed by atoms with E-state index in [1.165, 1.54) is 25.3 Å². The summed E-state index contributed by atoms with van der Waals surface area (Å²) in [6, 6.07) is 6.87. The molecule has 3 heterocycles. The number of hydrogen-bond acceptors (Lipinski definition) is 11. The van der Waals surface area contributed by atoms with Crippen LogP contribution in [0, 0.1) is 16.0 Å². The highest BCUT2D eigenvalue weighted by Gasteiger charge is 2.40. The minimum absolute atomic E-state index is 0.0420. The van der Waals surface area contributed by atoms with Gasteiger partial charge in [0.1, 0.15) is 6.04 Å². The number of non-ortho nitro benzene ring substituents is 1. The number of ketones is 1. The van der Waals surface area contributed by atoms with Crippen LogP contribution in [-0.4, -0.2) is 70.3 Å². The smallest absolute Gasteiger partial charge is 0.336 e. The van der Waals surface area contributed by atoms with Gasteiger partial charge in [0.2, 0.25) is 5.95 Å². The molecule has 1 saturated heterocycles. The number of Topliss-reactive ketones (excluding diaryl/α,β-unsaturated/α-hetero) is 1. The number of ether oxygens (including phenoxy) is 1. The first kappa shape index (κ1) is 30.3. The van der Waals surface area contributed by atoms with Crippen molar-refractivity contribution < 1.29 is 24.0 Å². The molecule has 1 fully saturated rings. The molecule has 0 spiro atoms. The lowest BCUT2D eigenvalue weighted by Crippen LogP contribution is -2.62. The van der Waals surface area contributed by atoms with E-state index in [2.05, 4.69) is 20.7 Å². The zero-order valence-corrected chi connectivity index (χ0v) is 24.3. The number of carbonyl (C=O) groups excluding carboxylic acids is 3. The van der Waals surface area contributed by atoms with Crippen molar-refractivity contribution in [3.63, 3.8) is 0 Å². The lowest BCUT2D eigenvalue weighted by molar-refractivity contribution is -0.384. The zero-order valence-electron chi connectivity index (χ0n) is 24.3. The number of carbonyl (C=O) groups is 3. The van der Waals surface area contributed by atoms with Crippen molar-refractivity contribution >= 4 is 29.3 Å². The van der Waals surface area contributed by atoms with Gasteiger partial charge in [-0.25, -0.2) is 19.8 Å². The normalized spacial score (nSPS) is 19.4. The molecule has 13 nitrogen and oxygen atoms in total. The summed E-state index contributed by atoms with van der Waals surface area (Å²) in [7, 11) is 1.24. The number of hydrogen-bond donors (Lipinski definition) is 2. The highest BCUT2D eigenvalue weighted by atomic mass is 16.6. The summed E-state index contributed by atoms with van der Waals surface area (Å²) in [5.74, 6) is -1.61. The van der Waals surface area contributed by atoms with Gasteiger partial charge in [-0.1, -0.05) is 26.0 Å². The van der Waals surface area contributed by atoms with Crippen molar-refractivity contribution in [1.82, 2.24) is 25.7 Å². The number of hydrazine groups is 1. The fraction of sp³-hybridized carbons (Fsp3) is 0.414. The molecule has 2 unspecified atom stereocenters. The van der Waals surface area contributed by atoms with E-state index >= 15 is 0 Å². The average Bonchev–Trinajstić information content (AvgIpc) is 2.96. The summed E-state index contributed by atoms with van der Waals surface area (Å²) >= 11 is 0. The third-order valence-electron chi connectivity index (χ3n) is 7.27. The average molecular weight is 578 g/mol. The molecule has 0 saturated carbocycles. The number of aromatic nitrogens is 2. The number of benzene rings is 1. The Morgan fingerprint density at radius 2 is 1.81 bits per heavy atom. The van der Waals surface area contributed by atoms with Crippen molar-refractivity contribution in [3.8, 4) is 0 Å².